The Hall–Kier alpha value is -2.50. The minimum Gasteiger partial charge on any atom is -0.332 e. The molecule has 0 atom stereocenters. The fourth-order valence-electron chi connectivity index (χ4n) is 1.90. The van der Waals surface area contributed by atoms with Gasteiger partial charge in [-0.2, -0.15) is 10.1 Å². The predicted molar refractivity (Wildman–Crippen MR) is 69.2 cm³/mol. The second-order valence-corrected chi connectivity index (χ2v) is 4.15. The third-order valence-corrected chi connectivity index (χ3v) is 2.79. The average molecular weight is 255 g/mol. The van der Waals surface area contributed by atoms with Crippen molar-refractivity contribution >= 4 is 0 Å². The molecule has 96 valence electrons. The van der Waals surface area contributed by atoms with E-state index in [1.807, 2.05) is 36.7 Å². The lowest BCUT2D eigenvalue weighted by Gasteiger charge is -1.98. The molecule has 0 radical (unpaired) electrons. The molecule has 3 aromatic rings. The smallest absolute Gasteiger partial charge is 0.276 e. The van der Waals surface area contributed by atoms with Crippen LogP contribution < -0.4 is 0 Å². The largest absolute Gasteiger partial charge is 0.332 e. The van der Waals surface area contributed by atoms with E-state index >= 15 is 0 Å². The van der Waals surface area contributed by atoms with Crippen LogP contribution in [0.3, 0.4) is 0 Å². The fourth-order valence-corrected chi connectivity index (χ4v) is 1.90. The first-order valence-electron chi connectivity index (χ1n) is 6.07. The van der Waals surface area contributed by atoms with Gasteiger partial charge in [0.05, 0.1) is 5.69 Å². The quantitative estimate of drug-likeness (QED) is 0.718. The van der Waals surface area contributed by atoms with Gasteiger partial charge in [0, 0.05) is 24.5 Å². The molecule has 6 heteroatoms. The standard InChI is InChI=1S/C13H13N5O/c1-3-18-11(8-9(2)16-18)13-15-12(17-19-13)10-4-6-14-7-5-10/h4-8H,3H2,1-2H3. The molecule has 0 saturated carbocycles. The van der Waals surface area contributed by atoms with Gasteiger partial charge >= 0.3 is 0 Å². The van der Waals surface area contributed by atoms with E-state index in [0.29, 0.717) is 11.7 Å². The molecule has 6 nitrogen and oxygen atoms in total. The highest BCUT2D eigenvalue weighted by molar-refractivity contribution is 5.57. The molecule has 0 aliphatic heterocycles. The van der Waals surface area contributed by atoms with Crippen LogP contribution in [0.5, 0.6) is 0 Å². The molecule has 0 aliphatic carbocycles. The highest BCUT2D eigenvalue weighted by Gasteiger charge is 2.15. The number of rotatable bonds is 3. The molecule has 19 heavy (non-hydrogen) atoms. The van der Waals surface area contributed by atoms with E-state index in [0.717, 1.165) is 23.5 Å². The Kier molecular flexibility index (Phi) is 2.83. The minimum atomic E-state index is 0.481. The molecule has 3 heterocycles. The van der Waals surface area contributed by atoms with Crippen LogP contribution in [0.15, 0.2) is 35.1 Å². The first-order chi connectivity index (χ1) is 9.28. The molecule has 3 rings (SSSR count). The summed E-state index contributed by atoms with van der Waals surface area (Å²) < 4.78 is 7.16. The van der Waals surface area contributed by atoms with Gasteiger partial charge in [-0.3, -0.25) is 9.67 Å². The molecule has 0 fully saturated rings. The van der Waals surface area contributed by atoms with E-state index < -0.39 is 0 Å². The maximum absolute atomic E-state index is 5.32. The molecule has 0 spiro atoms. The van der Waals surface area contributed by atoms with Crippen LogP contribution in [0.4, 0.5) is 0 Å². The summed E-state index contributed by atoms with van der Waals surface area (Å²) in [6, 6.07) is 5.63. The fraction of sp³-hybridized carbons (Fsp3) is 0.231. The van der Waals surface area contributed by atoms with Crippen molar-refractivity contribution in [2.45, 2.75) is 20.4 Å². The van der Waals surface area contributed by atoms with Gasteiger partial charge in [-0.05, 0) is 32.0 Å². The zero-order valence-electron chi connectivity index (χ0n) is 10.7. The highest BCUT2D eigenvalue weighted by Crippen LogP contribution is 2.22. The van der Waals surface area contributed by atoms with Gasteiger partial charge in [0.15, 0.2) is 0 Å². The topological polar surface area (TPSA) is 69.6 Å². The summed E-state index contributed by atoms with van der Waals surface area (Å²) in [6.07, 6.45) is 3.40. The third kappa shape index (κ3) is 2.12. The predicted octanol–water partition coefficient (Wildman–Crippen LogP) is 2.32. The number of aromatic nitrogens is 5. The molecule has 0 aromatic carbocycles. The van der Waals surface area contributed by atoms with Crippen molar-refractivity contribution in [3.63, 3.8) is 0 Å². The molecule has 0 amide bonds. The summed E-state index contributed by atoms with van der Waals surface area (Å²) in [5.41, 5.74) is 2.65. The van der Waals surface area contributed by atoms with Gasteiger partial charge in [0.2, 0.25) is 5.82 Å². The molecule has 0 N–H and O–H groups in total. The Morgan fingerprint density at radius 3 is 2.79 bits per heavy atom. The molecular weight excluding hydrogens is 242 g/mol. The van der Waals surface area contributed by atoms with Crippen molar-refractivity contribution in [1.82, 2.24) is 24.9 Å². The molecule has 0 aliphatic rings. The summed E-state index contributed by atoms with van der Waals surface area (Å²) in [5.74, 6) is 1.04. The second-order valence-electron chi connectivity index (χ2n) is 4.15. The van der Waals surface area contributed by atoms with Crippen LogP contribution in [0.2, 0.25) is 0 Å². The zero-order valence-corrected chi connectivity index (χ0v) is 10.7. The lowest BCUT2D eigenvalue weighted by molar-refractivity contribution is 0.427. The third-order valence-electron chi connectivity index (χ3n) is 2.79. The van der Waals surface area contributed by atoms with E-state index in [2.05, 4.69) is 20.2 Å². The summed E-state index contributed by atoms with van der Waals surface area (Å²) >= 11 is 0. The second kappa shape index (κ2) is 4.64. The number of nitrogens with zero attached hydrogens (tertiary/aromatic N) is 5. The average Bonchev–Trinajstić information content (AvgIpc) is 3.05. The van der Waals surface area contributed by atoms with Crippen molar-refractivity contribution < 1.29 is 4.52 Å². The highest BCUT2D eigenvalue weighted by atomic mass is 16.5. The van der Waals surface area contributed by atoms with Crippen LogP contribution in [0.1, 0.15) is 12.6 Å². The SMILES string of the molecule is CCn1nc(C)cc1-c1nc(-c2ccncc2)no1. The van der Waals surface area contributed by atoms with Gasteiger partial charge in [-0.1, -0.05) is 5.16 Å². The Morgan fingerprint density at radius 2 is 2.05 bits per heavy atom. The van der Waals surface area contributed by atoms with Crippen molar-refractivity contribution in [2.24, 2.45) is 0 Å². The van der Waals surface area contributed by atoms with Crippen molar-refractivity contribution in [2.75, 3.05) is 0 Å². The first-order valence-corrected chi connectivity index (χ1v) is 6.07. The Bertz CT molecular complexity index is 686. The lowest BCUT2D eigenvalue weighted by atomic mass is 10.2. The van der Waals surface area contributed by atoms with Crippen LogP contribution in [0, 0.1) is 6.92 Å². The number of pyridine rings is 1. The zero-order chi connectivity index (χ0) is 13.2. The maximum atomic E-state index is 5.32. The first kappa shape index (κ1) is 11.6. The van der Waals surface area contributed by atoms with Gasteiger partial charge in [0.25, 0.3) is 5.89 Å². The number of hydrogen-bond donors (Lipinski definition) is 0. The number of aryl methyl sites for hydroxylation is 2. The summed E-state index contributed by atoms with van der Waals surface area (Å²) in [6.45, 7) is 4.72. The van der Waals surface area contributed by atoms with Crippen LogP contribution in [0.25, 0.3) is 23.0 Å². The van der Waals surface area contributed by atoms with Crippen LogP contribution in [-0.4, -0.2) is 24.9 Å². The minimum absolute atomic E-state index is 0.481. The molecular formula is C13H13N5O. The Balaban J connectivity index is 2.01. The van der Waals surface area contributed by atoms with Gasteiger partial charge in [-0.15, -0.1) is 0 Å². The van der Waals surface area contributed by atoms with Gasteiger partial charge in [-0.25, -0.2) is 0 Å². The lowest BCUT2D eigenvalue weighted by Crippen LogP contribution is -1.99. The van der Waals surface area contributed by atoms with E-state index in [-0.39, 0.29) is 0 Å². The summed E-state index contributed by atoms with van der Waals surface area (Å²) in [4.78, 5) is 8.37. The van der Waals surface area contributed by atoms with Crippen LogP contribution >= 0.6 is 0 Å². The Labute approximate surface area is 110 Å². The van der Waals surface area contributed by atoms with E-state index in [1.165, 1.54) is 0 Å². The van der Waals surface area contributed by atoms with E-state index in [1.54, 1.807) is 12.4 Å². The van der Waals surface area contributed by atoms with Crippen LogP contribution in [-0.2, 0) is 6.54 Å². The van der Waals surface area contributed by atoms with Gasteiger partial charge < -0.3 is 4.52 Å². The Morgan fingerprint density at radius 1 is 1.26 bits per heavy atom. The normalized spacial score (nSPS) is 10.8. The summed E-state index contributed by atoms with van der Waals surface area (Å²) in [5, 5.41) is 8.36. The van der Waals surface area contributed by atoms with Crippen molar-refractivity contribution in [3.8, 4) is 23.0 Å². The molecule has 0 bridgehead atoms. The van der Waals surface area contributed by atoms with Crippen molar-refractivity contribution in [3.05, 3.63) is 36.3 Å². The molecule has 0 unspecified atom stereocenters. The van der Waals surface area contributed by atoms with E-state index in [4.69, 9.17) is 4.52 Å². The molecule has 0 saturated heterocycles. The monoisotopic (exact) mass is 255 g/mol. The van der Waals surface area contributed by atoms with Gasteiger partial charge in [0.1, 0.15) is 5.69 Å². The van der Waals surface area contributed by atoms with E-state index in [9.17, 15) is 0 Å². The molecule has 3 aromatic heterocycles. The number of hydrogen-bond acceptors (Lipinski definition) is 5. The van der Waals surface area contributed by atoms with Crippen molar-refractivity contribution in [1.29, 1.82) is 0 Å². The maximum Gasteiger partial charge on any atom is 0.276 e. The summed E-state index contributed by atoms with van der Waals surface area (Å²) in [7, 11) is 0.